The molecule has 1 N–H and O–H groups in total. The van der Waals surface area contributed by atoms with E-state index in [9.17, 15) is 9.59 Å². The Bertz CT molecular complexity index is 573. The van der Waals surface area contributed by atoms with Crippen LogP contribution in [0.5, 0.6) is 5.75 Å². The Labute approximate surface area is 149 Å². The zero-order chi connectivity index (χ0) is 18.2. The van der Waals surface area contributed by atoms with Crippen LogP contribution in [0.3, 0.4) is 0 Å². The van der Waals surface area contributed by atoms with Gasteiger partial charge in [-0.05, 0) is 37.5 Å². The van der Waals surface area contributed by atoms with E-state index in [1.807, 2.05) is 36.1 Å². The van der Waals surface area contributed by atoms with E-state index < -0.39 is 0 Å². The van der Waals surface area contributed by atoms with Gasteiger partial charge in [0.15, 0.2) is 0 Å². The zero-order valence-corrected chi connectivity index (χ0v) is 15.3. The van der Waals surface area contributed by atoms with E-state index in [1.54, 1.807) is 14.2 Å². The van der Waals surface area contributed by atoms with E-state index in [4.69, 9.17) is 9.47 Å². The summed E-state index contributed by atoms with van der Waals surface area (Å²) in [4.78, 5) is 26.8. The summed E-state index contributed by atoms with van der Waals surface area (Å²) in [5.74, 6) is 0.696. The van der Waals surface area contributed by atoms with E-state index in [-0.39, 0.29) is 23.8 Å². The van der Waals surface area contributed by atoms with Crippen LogP contribution in [0.4, 0.5) is 0 Å². The summed E-state index contributed by atoms with van der Waals surface area (Å²) in [5.41, 5.74) is 0.949. The van der Waals surface area contributed by atoms with Crippen LogP contribution in [0, 0.1) is 5.92 Å². The Morgan fingerprint density at radius 1 is 1.20 bits per heavy atom. The van der Waals surface area contributed by atoms with E-state index in [2.05, 4.69) is 5.32 Å². The molecule has 0 aliphatic carbocycles. The molecular weight excluding hydrogens is 320 g/mol. The van der Waals surface area contributed by atoms with Crippen molar-refractivity contribution in [1.29, 1.82) is 0 Å². The summed E-state index contributed by atoms with van der Waals surface area (Å²) in [5, 5.41) is 2.87. The summed E-state index contributed by atoms with van der Waals surface area (Å²) >= 11 is 0. The van der Waals surface area contributed by atoms with Crippen molar-refractivity contribution >= 4 is 11.8 Å². The third-order valence-electron chi connectivity index (χ3n) is 4.69. The molecule has 2 unspecified atom stereocenters. The summed E-state index contributed by atoms with van der Waals surface area (Å²) in [7, 11) is 3.22. The average Bonchev–Trinajstić information content (AvgIpc) is 2.62. The maximum atomic E-state index is 12.7. The smallest absolute Gasteiger partial charge is 0.227 e. The Hall–Kier alpha value is -2.08. The van der Waals surface area contributed by atoms with Gasteiger partial charge in [0, 0.05) is 26.2 Å². The molecule has 0 saturated carbocycles. The van der Waals surface area contributed by atoms with Gasteiger partial charge in [0.05, 0.1) is 26.1 Å². The molecule has 2 rings (SSSR count). The number of nitrogens with one attached hydrogen (secondary N) is 1. The molecule has 1 aromatic rings. The van der Waals surface area contributed by atoms with E-state index in [1.165, 1.54) is 0 Å². The lowest BCUT2D eigenvalue weighted by atomic mass is 9.92. The number of methoxy groups -OCH3 is 2. The summed E-state index contributed by atoms with van der Waals surface area (Å²) < 4.78 is 10.1. The Morgan fingerprint density at radius 3 is 2.56 bits per heavy atom. The SMILES string of the molecule is COCCNC(=O)C1CCC(C)N(C(=O)Cc2ccc(OC)cc2)C1. The Morgan fingerprint density at radius 2 is 1.92 bits per heavy atom. The second-order valence-electron chi connectivity index (χ2n) is 6.48. The van der Waals surface area contributed by atoms with Gasteiger partial charge in [-0.25, -0.2) is 0 Å². The molecule has 1 saturated heterocycles. The topological polar surface area (TPSA) is 67.9 Å². The Balaban J connectivity index is 1.93. The van der Waals surface area contributed by atoms with Gasteiger partial charge in [-0.3, -0.25) is 9.59 Å². The van der Waals surface area contributed by atoms with Gasteiger partial charge in [-0.15, -0.1) is 0 Å². The molecule has 1 fully saturated rings. The van der Waals surface area contributed by atoms with Gasteiger partial charge in [-0.2, -0.15) is 0 Å². The highest BCUT2D eigenvalue weighted by Crippen LogP contribution is 2.23. The minimum Gasteiger partial charge on any atom is -0.497 e. The van der Waals surface area contributed by atoms with Crippen molar-refractivity contribution in [1.82, 2.24) is 10.2 Å². The molecular formula is C19H28N2O4. The van der Waals surface area contributed by atoms with E-state index >= 15 is 0 Å². The summed E-state index contributed by atoms with van der Waals surface area (Å²) in [6.07, 6.45) is 2.00. The van der Waals surface area contributed by atoms with Crippen LogP contribution in [-0.4, -0.2) is 56.7 Å². The number of likely N-dealkylation sites (tertiary alicyclic amines) is 1. The minimum atomic E-state index is -0.145. The lowest BCUT2D eigenvalue weighted by Gasteiger charge is -2.37. The van der Waals surface area contributed by atoms with Crippen molar-refractivity contribution in [2.75, 3.05) is 33.9 Å². The van der Waals surface area contributed by atoms with Crippen molar-refractivity contribution in [3.8, 4) is 5.75 Å². The molecule has 6 heteroatoms. The number of carbonyl (C=O) groups excluding carboxylic acids is 2. The van der Waals surface area contributed by atoms with Crippen LogP contribution in [0.2, 0.25) is 0 Å². The Kier molecular flexibility index (Phi) is 7.25. The molecule has 25 heavy (non-hydrogen) atoms. The minimum absolute atomic E-state index is 0.00574. The molecule has 1 aliphatic rings. The number of hydrogen-bond acceptors (Lipinski definition) is 4. The molecule has 1 aliphatic heterocycles. The number of amides is 2. The normalized spacial score (nSPS) is 20.2. The van der Waals surface area contributed by atoms with Crippen LogP contribution in [0.15, 0.2) is 24.3 Å². The van der Waals surface area contributed by atoms with E-state index in [0.29, 0.717) is 26.1 Å². The lowest BCUT2D eigenvalue weighted by Crippen LogP contribution is -2.50. The quantitative estimate of drug-likeness (QED) is 0.761. The maximum Gasteiger partial charge on any atom is 0.227 e. The van der Waals surface area contributed by atoms with Crippen molar-refractivity contribution in [2.45, 2.75) is 32.2 Å². The van der Waals surface area contributed by atoms with Crippen molar-refractivity contribution in [2.24, 2.45) is 5.92 Å². The fourth-order valence-electron chi connectivity index (χ4n) is 3.11. The highest BCUT2D eigenvalue weighted by atomic mass is 16.5. The first-order valence-corrected chi connectivity index (χ1v) is 8.74. The first-order chi connectivity index (χ1) is 12.0. The predicted octanol–water partition coefficient (Wildman–Crippen LogP) is 1.63. The molecule has 0 aromatic heterocycles. The number of nitrogens with zero attached hydrogens (tertiary/aromatic N) is 1. The largest absolute Gasteiger partial charge is 0.497 e. The molecule has 2 atom stereocenters. The maximum absolute atomic E-state index is 12.7. The molecule has 1 heterocycles. The van der Waals surface area contributed by atoms with Crippen molar-refractivity contribution in [3.63, 3.8) is 0 Å². The molecule has 2 amide bonds. The third kappa shape index (κ3) is 5.46. The number of benzene rings is 1. The van der Waals surface area contributed by atoms with Gasteiger partial charge in [0.25, 0.3) is 0 Å². The van der Waals surface area contributed by atoms with Crippen LogP contribution < -0.4 is 10.1 Å². The second kappa shape index (κ2) is 9.42. The molecule has 0 radical (unpaired) electrons. The standard InChI is InChI=1S/C19H28N2O4/c1-14-4-7-16(19(23)20-10-11-24-2)13-21(14)18(22)12-15-5-8-17(25-3)9-6-15/h5-6,8-9,14,16H,4,7,10-13H2,1-3H3,(H,20,23). The number of rotatable bonds is 7. The van der Waals surface area contributed by atoms with Gasteiger partial charge >= 0.3 is 0 Å². The zero-order valence-electron chi connectivity index (χ0n) is 15.3. The molecule has 0 spiro atoms. The van der Waals surface area contributed by atoms with Crippen LogP contribution >= 0.6 is 0 Å². The predicted molar refractivity (Wildman–Crippen MR) is 95.5 cm³/mol. The second-order valence-corrected chi connectivity index (χ2v) is 6.48. The van der Waals surface area contributed by atoms with Gasteiger partial charge in [0.2, 0.25) is 11.8 Å². The highest BCUT2D eigenvalue weighted by Gasteiger charge is 2.32. The van der Waals surface area contributed by atoms with Gasteiger partial charge in [0.1, 0.15) is 5.75 Å². The first-order valence-electron chi connectivity index (χ1n) is 8.74. The number of carbonyl (C=O) groups is 2. The van der Waals surface area contributed by atoms with Gasteiger partial charge < -0.3 is 19.7 Å². The fraction of sp³-hybridized carbons (Fsp3) is 0.579. The average molecular weight is 348 g/mol. The van der Waals surface area contributed by atoms with Crippen LogP contribution in [-0.2, 0) is 20.7 Å². The third-order valence-corrected chi connectivity index (χ3v) is 4.69. The van der Waals surface area contributed by atoms with Crippen molar-refractivity contribution < 1.29 is 19.1 Å². The molecule has 6 nitrogen and oxygen atoms in total. The highest BCUT2D eigenvalue weighted by molar-refractivity contribution is 5.82. The number of hydrogen-bond donors (Lipinski definition) is 1. The first kappa shape index (κ1) is 19.2. The van der Waals surface area contributed by atoms with Crippen LogP contribution in [0.1, 0.15) is 25.3 Å². The molecule has 1 aromatic carbocycles. The van der Waals surface area contributed by atoms with Crippen LogP contribution in [0.25, 0.3) is 0 Å². The van der Waals surface area contributed by atoms with Gasteiger partial charge in [-0.1, -0.05) is 12.1 Å². The van der Waals surface area contributed by atoms with E-state index in [0.717, 1.165) is 24.2 Å². The lowest BCUT2D eigenvalue weighted by molar-refractivity contribution is -0.137. The van der Waals surface area contributed by atoms with Crippen molar-refractivity contribution in [3.05, 3.63) is 29.8 Å². The summed E-state index contributed by atoms with van der Waals surface area (Å²) in [6, 6.07) is 7.68. The molecule has 0 bridgehead atoms. The number of piperidine rings is 1. The molecule has 138 valence electrons. The number of ether oxygens (including phenoxy) is 2. The monoisotopic (exact) mass is 348 g/mol. The summed E-state index contributed by atoms with van der Waals surface area (Å²) in [6.45, 7) is 3.52. The fourth-order valence-corrected chi connectivity index (χ4v) is 3.11.